The summed E-state index contributed by atoms with van der Waals surface area (Å²) in [4.78, 5) is 28.5. The number of benzene rings is 1. The Kier molecular flexibility index (Phi) is 4.50. The van der Waals surface area contributed by atoms with Gasteiger partial charge in [0.25, 0.3) is 0 Å². The van der Waals surface area contributed by atoms with Crippen molar-refractivity contribution < 1.29 is 14.7 Å². The number of nitrogens with zero attached hydrogens (tertiary/aromatic N) is 1. The van der Waals surface area contributed by atoms with Gasteiger partial charge in [-0.05, 0) is 36.5 Å². The van der Waals surface area contributed by atoms with Crippen molar-refractivity contribution in [1.29, 1.82) is 0 Å². The van der Waals surface area contributed by atoms with Gasteiger partial charge in [-0.3, -0.25) is 4.79 Å². The molecule has 26 heavy (non-hydrogen) atoms. The summed E-state index contributed by atoms with van der Waals surface area (Å²) < 4.78 is 0. The average Bonchev–Trinajstić information content (AvgIpc) is 3.29. The maximum atomic E-state index is 12.7. The summed E-state index contributed by atoms with van der Waals surface area (Å²) in [7, 11) is 0. The molecule has 5 nitrogen and oxygen atoms in total. The number of halogens is 2. The van der Waals surface area contributed by atoms with Gasteiger partial charge in [-0.25, -0.2) is 4.98 Å². The van der Waals surface area contributed by atoms with Crippen LogP contribution in [-0.2, 0) is 9.59 Å². The monoisotopic (exact) mass is 407 g/mol. The molecule has 2 aliphatic rings. The minimum Gasteiger partial charge on any atom is -0.550 e. The molecule has 1 N–H and O–H groups in total. The van der Waals surface area contributed by atoms with E-state index >= 15 is 0 Å². The fraction of sp³-hybridized carbons (Fsp3) is 0.278. The topological polar surface area (TPSA) is 82.1 Å². The fourth-order valence-electron chi connectivity index (χ4n) is 3.84. The van der Waals surface area contributed by atoms with Crippen molar-refractivity contribution in [2.24, 2.45) is 23.7 Å². The van der Waals surface area contributed by atoms with Crippen molar-refractivity contribution in [3.63, 3.8) is 0 Å². The minimum absolute atomic E-state index is 0.0620. The van der Waals surface area contributed by atoms with Crippen molar-refractivity contribution in [3.8, 4) is 11.3 Å². The maximum Gasteiger partial charge on any atom is 0.230 e. The highest BCUT2D eigenvalue weighted by atomic mass is 35.5. The van der Waals surface area contributed by atoms with Crippen LogP contribution in [0.4, 0.5) is 5.13 Å². The molecule has 8 heteroatoms. The zero-order valence-corrected chi connectivity index (χ0v) is 15.6. The second-order valence-corrected chi connectivity index (χ2v) is 8.17. The van der Waals surface area contributed by atoms with Crippen LogP contribution < -0.4 is 10.4 Å². The molecule has 1 aromatic carbocycles. The van der Waals surface area contributed by atoms with Gasteiger partial charge in [0.2, 0.25) is 5.91 Å². The van der Waals surface area contributed by atoms with E-state index in [2.05, 4.69) is 10.3 Å². The summed E-state index contributed by atoms with van der Waals surface area (Å²) >= 11 is 13.4. The first-order valence-electron chi connectivity index (χ1n) is 8.05. The van der Waals surface area contributed by atoms with E-state index in [0.29, 0.717) is 32.9 Å². The standard InChI is InChI=1S/C18H14Cl2N2O3S/c19-10-3-4-11(12(20)6-10)13-7-26-18(21-13)22-16(23)14-8-1-2-9(5-8)15(14)17(24)25/h1-4,6-9,14-15H,5H2,(H,24,25)(H,21,22,23)/p-1/t8-,9-,14-,15-/m0/s1. The lowest BCUT2D eigenvalue weighted by molar-refractivity contribution is -0.313. The number of fused-ring (bicyclic) bond motifs is 2. The first kappa shape index (κ1) is 17.5. The van der Waals surface area contributed by atoms with Crippen LogP contribution in [0.1, 0.15) is 6.42 Å². The number of hydrogen-bond acceptors (Lipinski definition) is 5. The molecule has 0 spiro atoms. The number of aromatic nitrogens is 1. The Morgan fingerprint density at radius 1 is 1.19 bits per heavy atom. The molecule has 0 unspecified atom stereocenters. The highest BCUT2D eigenvalue weighted by molar-refractivity contribution is 7.14. The number of hydrogen-bond donors (Lipinski definition) is 1. The summed E-state index contributed by atoms with van der Waals surface area (Å²) in [5.41, 5.74) is 1.33. The number of carboxylic acids is 1. The van der Waals surface area contributed by atoms with Gasteiger partial charge in [-0.15, -0.1) is 11.3 Å². The summed E-state index contributed by atoms with van der Waals surface area (Å²) in [6, 6.07) is 5.10. The van der Waals surface area contributed by atoms with Gasteiger partial charge in [0.05, 0.1) is 16.6 Å². The van der Waals surface area contributed by atoms with Crippen LogP contribution in [0.15, 0.2) is 35.7 Å². The summed E-state index contributed by atoms with van der Waals surface area (Å²) in [5.74, 6) is -3.10. The lowest BCUT2D eigenvalue weighted by atomic mass is 9.82. The molecule has 1 heterocycles. The molecule has 134 valence electrons. The number of amides is 1. The molecule has 1 amide bonds. The molecule has 1 fully saturated rings. The smallest absolute Gasteiger partial charge is 0.230 e. The average molecular weight is 408 g/mol. The van der Waals surface area contributed by atoms with Gasteiger partial charge >= 0.3 is 0 Å². The van der Waals surface area contributed by atoms with E-state index in [1.54, 1.807) is 23.6 Å². The number of allylic oxidation sites excluding steroid dienone is 2. The molecular weight excluding hydrogens is 395 g/mol. The molecule has 0 radical (unpaired) electrons. The van der Waals surface area contributed by atoms with Crippen LogP contribution in [0, 0.1) is 23.7 Å². The number of thiazole rings is 1. The van der Waals surface area contributed by atoms with Crippen molar-refractivity contribution in [2.75, 3.05) is 5.32 Å². The Hall–Kier alpha value is -1.89. The van der Waals surface area contributed by atoms with Gasteiger partial charge in [0.15, 0.2) is 5.13 Å². The number of carbonyl (C=O) groups excluding carboxylic acids is 2. The maximum absolute atomic E-state index is 12.7. The molecule has 0 aliphatic heterocycles. The Balaban J connectivity index is 1.53. The van der Waals surface area contributed by atoms with Crippen LogP contribution in [0.3, 0.4) is 0 Å². The molecule has 2 aliphatic carbocycles. The molecule has 2 aromatic rings. The molecular formula is C18H13Cl2N2O3S-. The minimum atomic E-state index is -1.17. The van der Waals surface area contributed by atoms with Crippen LogP contribution in [0.5, 0.6) is 0 Å². The quantitative estimate of drug-likeness (QED) is 0.788. The normalized spacial score (nSPS) is 26.2. The van der Waals surface area contributed by atoms with E-state index in [-0.39, 0.29) is 17.7 Å². The predicted octanol–water partition coefficient (Wildman–Crippen LogP) is 3.24. The second-order valence-electron chi connectivity index (χ2n) is 6.47. The summed E-state index contributed by atoms with van der Waals surface area (Å²) in [5, 5.41) is 17.4. The molecule has 0 saturated heterocycles. The molecule has 1 saturated carbocycles. The number of rotatable bonds is 4. The third kappa shape index (κ3) is 3.02. The van der Waals surface area contributed by atoms with Crippen LogP contribution >= 0.6 is 34.5 Å². The first-order valence-corrected chi connectivity index (χ1v) is 9.68. The summed E-state index contributed by atoms with van der Waals surface area (Å²) in [6.45, 7) is 0. The Morgan fingerprint density at radius 2 is 1.92 bits per heavy atom. The Labute approximate surface area is 163 Å². The van der Waals surface area contributed by atoms with Gasteiger partial charge in [-0.2, -0.15) is 0 Å². The number of nitrogens with one attached hydrogen (secondary N) is 1. The predicted molar refractivity (Wildman–Crippen MR) is 98.9 cm³/mol. The van der Waals surface area contributed by atoms with E-state index in [9.17, 15) is 14.7 Å². The van der Waals surface area contributed by atoms with Crippen molar-refractivity contribution >= 4 is 51.5 Å². The largest absolute Gasteiger partial charge is 0.550 e. The number of carboxylic acid groups (broad SMARTS) is 1. The van der Waals surface area contributed by atoms with Gasteiger partial charge < -0.3 is 15.2 Å². The Bertz CT molecular complexity index is 927. The number of carbonyl (C=O) groups is 2. The lowest BCUT2D eigenvalue weighted by Gasteiger charge is -2.27. The Morgan fingerprint density at radius 3 is 2.62 bits per heavy atom. The molecule has 4 rings (SSSR count). The third-order valence-corrected chi connectivity index (χ3v) is 6.28. The van der Waals surface area contributed by atoms with Gasteiger partial charge in [0.1, 0.15) is 0 Å². The summed E-state index contributed by atoms with van der Waals surface area (Å²) in [6.07, 6.45) is 4.48. The zero-order chi connectivity index (χ0) is 18.4. The van der Waals surface area contributed by atoms with Gasteiger partial charge in [-0.1, -0.05) is 35.4 Å². The second kappa shape index (κ2) is 6.68. The van der Waals surface area contributed by atoms with E-state index in [0.717, 1.165) is 0 Å². The van der Waals surface area contributed by atoms with Crippen LogP contribution in [-0.4, -0.2) is 16.9 Å². The van der Waals surface area contributed by atoms with E-state index in [1.165, 1.54) is 11.3 Å². The zero-order valence-electron chi connectivity index (χ0n) is 13.3. The number of anilines is 1. The SMILES string of the molecule is O=C([O-])[C@@H]1[C@@H](C(=O)Nc2nc(-c3ccc(Cl)cc3Cl)cs2)[C@H]2C=C[C@H]1C2. The van der Waals surface area contributed by atoms with Crippen molar-refractivity contribution in [1.82, 2.24) is 4.98 Å². The lowest BCUT2D eigenvalue weighted by Crippen LogP contribution is -2.42. The van der Waals surface area contributed by atoms with E-state index in [1.807, 2.05) is 12.2 Å². The van der Waals surface area contributed by atoms with E-state index in [4.69, 9.17) is 23.2 Å². The molecule has 4 atom stereocenters. The van der Waals surface area contributed by atoms with Crippen LogP contribution in [0.2, 0.25) is 10.0 Å². The first-order chi connectivity index (χ1) is 12.4. The molecule has 2 bridgehead atoms. The highest BCUT2D eigenvalue weighted by Gasteiger charge is 2.48. The van der Waals surface area contributed by atoms with Crippen molar-refractivity contribution in [2.45, 2.75) is 6.42 Å². The van der Waals surface area contributed by atoms with E-state index < -0.39 is 17.8 Å². The van der Waals surface area contributed by atoms with Gasteiger partial charge in [0, 0.05) is 27.9 Å². The fourth-order valence-corrected chi connectivity index (χ4v) is 5.06. The van der Waals surface area contributed by atoms with Crippen molar-refractivity contribution in [3.05, 3.63) is 45.8 Å². The van der Waals surface area contributed by atoms with Crippen LogP contribution in [0.25, 0.3) is 11.3 Å². The molecule has 1 aromatic heterocycles. The number of aliphatic carboxylic acids is 1. The third-order valence-electron chi connectivity index (χ3n) is 4.98. The highest BCUT2D eigenvalue weighted by Crippen LogP contribution is 2.48.